The topological polar surface area (TPSA) is 53.9 Å². The highest BCUT2D eigenvalue weighted by molar-refractivity contribution is 14.0. The van der Waals surface area contributed by atoms with Crippen LogP contribution in [-0.2, 0) is 16.0 Å². The summed E-state index contributed by atoms with van der Waals surface area (Å²) in [7, 11) is 3.27. The molecule has 1 saturated heterocycles. The molecular weight excluding hydrogens is 429 g/mol. The maximum Gasteiger partial charge on any atom is 0.308 e. The first-order chi connectivity index (χ1) is 11.5. The lowest BCUT2D eigenvalue weighted by Crippen LogP contribution is -2.47. The van der Waals surface area contributed by atoms with Crippen LogP contribution < -0.4 is 5.32 Å². The van der Waals surface area contributed by atoms with E-state index < -0.39 is 0 Å². The standard InChI is InChI=1S/C19H29N3O2.HI/c1-14-11-15(2)13-16(12-14)5-8-21-19(20-3)22-9-6-17(7-10-22)18(23)24-4;/h11-13,17H,5-10H2,1-4H3,(H,20,21);1H. The average molecular weight is 459 g/mol. The van der Waals surface area contributed by atoms with Crippen molar-refractivity contribution in [2.24, 2.45) is 10.9 Å². The van der Waals surface area contributed by atoms with Gasteiger partial charge in [-0.3, -0.25) is 9.79 Å². The fraction of sp³-hybridized carbons (Fsp3) is 0.579. The van der Waals surface area contributed by atoms with Crippen molar-refractivity contribution in [3.05, 3.63) is 34.9 Å². The maximum atomic E-state index is 11.6. The second kappa shape index (κ2) is 10.6. The molecule has 0 radical (unpaired) electrons. The molecule has 0 spiro atoms. The largest absolute Gasteiger partial charge is 0.469 e. The van der Waals surface area contributed by atoms with E-state index in [0.717, 1.165) is 44.9 Å². The summed E-state index contributed by atoms with van der Waals surface area (Å²) in [6.45, 7) is 6.79. The number of piperidine rings is 1. The highest BCUT2D eigenvalue weighted by Gasteiger charge is 2.26. The van der Waals surface area contributed by atoms with Crippen molar-refractivity contribution in [1.29, 1.82) is 0 Å². The number of nitrogens with one attached hydrogen (secondary N) is 1. The van der Waals surface area contributed by atoms with Gasteiger partial charge < -0.3 is 15.0 Å². The number of aliphatic imine (C=N–C) groups is 1. The zero-order chi connectivity index (χ0) is 17.5. The Morgan fingerprint density at radius 3 is 2.36 bits per heavy atom. The number of nitrogens with zero attached hydrogens (tertiary/aromatic N) is 2. The summed E-state index contributed by atoms with van der Waals surface area (Å²) in [6, 6.07) is 6.67. The molecule has 5 nitrogen and oxygen atoms in total. The number of methoxy groups -OCH3 is 1. The molecule has 0 bridgehead atoms. The number of esters is 1. The van der Waals surface area contributed by atoms with Gasteiger partial charge in [0.1, 0.15) is 0 Å². The number of hydrogen-bond donors (Lipinski definition) is 1. The smallest absolute Gasteiger partial charge is 0.308 e. The lowest BCUT2D eigenvalue weighted by molar-refractivity contribution is -0.146. The van der Waals surface area contributed by atoms with Gasteiger partial charge in [0, 0.05) is 26.7 Å². The molecule has 0 atom stereocenters. The summed E-state index contributed by atoms with van der Waals surface area (Å²) < 4.78 is 4.84. The summed E-state index contributed by atoms with van der Waals surface area (Å²) in [6.07, 6.45) is 2.62. The molecule has 1 aromatic rings. The number of halogens is 1. The number of benzene rings is 1. The molecule has 2 rings (SSSR count). The van der Waals surface area contributed by atoms with Crippen LogP contribution in [0.3, 0.4) is 0 Å². The van der Waals surface area contributed by atoms with E-state index in [-0.39, 0.29) is 35.9 Å². The fourth-order valence-electron chi connectivity index (χ4n) is 3.36. The van der Waals surface area contributed by atoms with Crippen molar-refractivity contribution in [3.63, 3.8) is 0 Å². The molecule has 6 heteroatoms. The molecule has 0 aromatic heterocycles. The Hall–Kier alpha value is -1.31. The first kappa shape index (κ1) is 21.7. The van der Waals surface area contributed by atoms with E-state index in [9.17, 15) is 4.79 Å². The molecule has 1 fully saturated rings. The van der Waals surface area contributed by atoms with E-state index in [2.05, 4.69) is 47.3 Å². The number of carbonyl (C=O) groups excluding carboxylic acids is 1. The third-order valence-electron chi connectivity index (χ3n) is 4.52. The van der Waals surface area contributed by atoms with Gasteiger partial charge in [-0.05, 0) is 38.7 Å². The number of guanidine groups is 1. The highest BCUT2D eigenvalue weighted by atomic mass is 127. The Morgan fingerprint density at radius 2 is 1.84 bits per heavy atom. The molecule has 140 valence electrons. The van der Waals surface area contributed by atoms with Crippen LogP contribution >= 0.6 is 24.0 Å². The third-order valence-corrected chi connectivity index (χ3v) is 4.52. The zero-order valence-electron chi connectivity index (χ0n) is 15.7. The van der Waals surface area contributed by atoms with Gasteiger partial charge in [0.05, 0.1) is 13.0 Å². The SMILES string of the molecule is CN=C(NCCc1cc(C)cc(C)c1)N1CCC(C(=O)OC)CC1.I. The molecular formula is C19H30IN3O2. The van der Waals surface area contributed by atoms with Crippen LogP contribution in [-0.4, -0.2) is 50.6 Å². The normalized spacial score (nSPS) is 15.5. The van der Waals surface area contributed by atoms with E-state index in [4.69, 9.17) is 4.74 Å². The van der Waals surface area contributed by atoms with Gasteiger partial charge in [0.25, 0.3) is 0 Å². The predicted molar refractivity (Wildman–Crippen MR) is 113 cm³/mol. The second-order valence-corrected chi connectivity index (χ2v) is 6.50. The molecule has 0 unspecified atom stereocenters. The molecule has 1 aliphatic rings. The number of hydrogen-bond acceptors (Lipinski definition) is 3. The van der Waals surface area contributed by atoms with Crippen molar-refractivity contribution in [3.8, 4) is 0 Å². The van der Waals surface area contributed by atoms with Gasteiger partial charge in [-0.1, -0.05) is 29.3 Å². The first-order valence-electron chi connectivity index (χ1n) is 8.64. The van der Waals surface area contributed by atoms with Crippen LogP contribution in [0.2, 0.25) is 0 Å². The minimum Gasteiger partial charge on any atom is -0.469 e. The van der Waals surface area contributed by atoms with Crippen molar-refractivity contribution >= 4 is 35.9 Å². The zero-order valence-corrected chi connectivity index (χ0v) is 18.0. The number of aryl methyl sites for hydroxylation is 2. The quantitative estimate of drug-likeness (QED) is 0.326. The molecule has 1 aliphatic heterocycles. The number of ether oxygens (including phenoxy) is 1. The summed E-state index contributed by atoms with van der Waals surface area (Å²) in [5.41, 5.74) is 3.96. The van der Waals surface area contributed by atoms with Gasteiger partial charge in [0.2, 0.25) is 0 Å². The average Bonchev–Trinajstić information content (AvgIpc) is 2.57. The third kappa shape index (κ3) is 6.49. The van der Waals surface area contributed by atoms with Crippen LogP contribution in [0.4, 0.5) is 0 Å². The number of carbonyl (C=O) groups is 1. The van der Waals surface area contributed by atoms with E-state index >= 15 is 0 Å². The Bertz CT molecular complexity index is 576. The van der Waals surface area contributed by atoms with Gasteiger partial charge in [-0.25, -0.2) is 0 Å². The molecule has 0 aliphatic carbocycles. The number of likely N-dealkylation sites (tertiary alicyclic amines) is 1. The summed E-state index contributed by atoms with van der Waals surface area (Å²) in [5, 5.41) is 3.44. The van der Waals surface area contributed by atoms with Crippen LogP contribution in [0.25, 0.3) is 0 Å². The monoisotopic (exact) mass is 459 g/mol. The van der Waals surface area contributed by atoms with Crippen LogP contribution in [0.5, 0.6) is 0 Å². The summed E-state index contributed by atoms with van der Waals surface area (Å²) in [4.78, 5) is 18.2. The van der Waals surface area contributed by atoms with E-state index in [1.165, 1.54) is 23.8 Å². The minimum absolute atomic E-state index is 0. The predicted octanol–water partition coefficient (Wildman–Crippen LogP) is 2.92. The Balaban J connectivity index is 0.00000312. The van der Waals surface area contributed by atoms with Gasteiger partial charge in [-0.15, -0.1) is 24.0 Å². The fourth-order valence-corrected chi connectivity index (χ4v) is 3.36. The van der Waals surface area contributed by atoms with Crippen LogP contribution in [0, 0.1) is 19.8 Å². The number of rotatable bonds is 4. The van der Waals surface area contributed by atoms with Gasteiger partial charge in [-0.2, -0.15) is 0 Å². The second-order valence-electron chi connectivity index (χ2n) is 6.50. The van der Waals surface area contributed by atoms with Gasteiger partial charge in [0.15, 0.2) is 5.96 Å². The molecule has 0 amide bonds. The van der Waals surface area contributed by atoms with E-state index in [0.29, 0.717) is 0 Å². The molecule has 1 heterocycles. The molecule has 25 heavy (non-hydrogen) atoms. The summed E-state index contributed by atoms with van der Waals surface area (Å²) >= 11 is 0. The molecule has 1 aromatic carbocycles. The minimum atomic E-state index is -0.0904. The van der Waals surface area contributed by atoms with Crippen LogP contribution in [0.1, 0.15) is 29.5 Å². The van der Waals surface area contributed by atoms with Crippen molar-refractivity contribution in [2.75, 3.05) is 33.8 Å². The van der Waals surface area contributed by atoms with Crippen molar-refractivity contribution in [2.45, 2.75) is 33.1 Å². The Morgan fingerprint density at radius 1 is 1.24 bits per heavy atom. The highest BCUT2D eigenvalue weighted by Crippen LogP contribution is 2.18. The van der Waals surface area contributed by atoms with E-state index in [1.807, 2.05) is 7.05 Å². The van der Waals surface area contributed by atoms with E-state index in [1.54, 1.807) is 0 Å². The van der Waals surface area contributed by atoms with Crippen molar-refractivity contribution in [1.82, 2.24) is 10.2 Å². The summed E-state index contributed by atoms with van der Waals surface area (Å²) in [5.74, 6) is 0.856. The Labute approximate surface area is 168 Å². The first-order valence-corrected chi connectivity index (χ1v) is 8.64. The lowest BCUT2D eigenvalue weighted by atomic mass is 9.97. The van der Waals surface area contributed by atoms with Crippen LogP contribution in [0.15, 0.2) is 23.2 Å². The van der Waals surface area contributed by atoms with Crippen molar-refractivity contribution < 1.29 is 9.53 Å². The Kier molecular flexibility index (Phi) is 9.24. The lowest BCUT2D eigenvalue weighted by Gasteiger charge is -2.33. The van der Waals surface area contributed by atoms with Gasteiger partial charge >= 0.3 is 5.97 Å². The molecule has 0 saturated carbocycles. The molecule has 1 N–H and O–H groups in total. The maximum absolute atomic E-state index is 11.6.